The van der Waals surface area contributed by atoms with Crippen LogP contribution in [0, 0.1) is 0 Å². The molecule has 2 atom stereocenters. The van der Waals surface area contributed by atoms with Gasteiger partial charge in [0, 0.05) is 30.8 Å². The molecule has 0 aliphatic carbocycles. The first-order chi connectivity index (χ1) is 6.24. The lowest BCUT2D eigenvalue weighted by atomic mass is 10.2. The minimum atomic E-state index is -0.368. The van der Waals surface area contributed by atoms with Crippen molar-refractivity contribution in [3.05, 3.63) is 0 Å². The van der Waals surface area contributed by atoms with Gasteiger partial charge in [0.15, 0.2) is 0 Å². The van der Waals surface area contributed by atoms with Gasteiger partial charge >= 0.3 is 0 Å². The molecule has 0 spiro atoms. The zero-order chi connectivity index (χ0) is 9.68. The predicted molar refractivity (Wildman–Crippen MR) is 59.7 cm³/mol. The van der Waals surface area contributed by atoms with Gasteiger partial charge in [0.2, 0.25) is 0 Å². The molecule has 1 fully saturated rings. The minimum absolute atomic E-state index is 0.344. The molecule has 2 nitrogen and oxygen atoms in total. The third-order valence-electron chi connectivity index (χ3n) is 2.45. The standard InChI is InChI=1S/C9H18ClNOS/c1-8-2-4-13-5-3-11(8)7-9(12)6-10/h8-9,12H,2-7H2,1H3. The first-order valence-corrected chi connectivity index (χ1v) is 6.48. The molecule has 2 unspecified atom stereocenters. The third-order valence-corrected chi connectivity index (χ3v) is 3.80. The number of aliphatic hydroxyl groups is 1. The van der Waals surface area contributed by atoms with Gasteiger partial charge in [-0.15, -0.1) is 11.6 Å². The van der Waals surface area contributed by atoms with Crippen LogP contribution in [0.3, 0.4) is 0 Å². The van der Waals surface area contributed by atoms with Crippen LogP contribution in [0.5, 0.6) is 0 Å². The van der Waals surface area contributed by atoms with Crippen LogP contribution in [0.1, 0.15) is 13.3 Å². The molecular weight excluding hydrogens is 206 g/mol. The Kier molecular flexibility index (Phi) is 5.48. The van der Waals surface area contributed by atoms with E-state index in [4.69, 9.17) is 11.6 Å². The van der Waals surface area contributed by atoms with Crippen LogP contribution in [0.2, 0.25) is 0 Å². The number of hydrogen-bond donors (Lipinski definition) is 1. The third kappa shape index (κ3) is 4.07. The lowest BCUT2D eigenvalue weighted by molar-refractivity contribution is 0.110. The second-order valence-electron chi connectivity index (χ2n) is 3.55. The van der Waals surface area contributed by atoms with Crippen molar-refractivity contribution in [2.45, 2.75) is 25.5 Å². The molecular formula is C9H18ClNOS. The molecule has 0 bridgehead atoms. The summed E-state index contributed by atoms with van der Waals surface area (Å²) >= 11 is 7.58. The van der Waals surface area contributed by atoms with E-state index in [1.807, 2.05) is 11.8 Å². The van der Waals surface area contributed by atoms with E-state index in [1.165, 1.54) is 17.9 Å². The second kappa shape index (κ2) is 6.12. The molecule has 0 radical (unpaired) electrons. The lowest BCUT2D eigenvalue weighted by Gasteiger charge is -2.28. The SMILES string of the molecule is CC1CCSCCN1CC(O)CCl. The normalized spacial score (nSPS) is 28.4. The Labute approximate surface area is 89.6 Å². The van der Waals surface area contributed by atoms with Gasteiger partial charge in [-0.1, -0.05) is 0 Å². The van der Waals surface area contributed by atoms with Crippen LogP contribution in [0.4, 0.5) is 0 Å². The van der Waals surface area contributed by atoms with E-state index in [2.05, 4.69) is 11.8 Å². The Morgan fingerprint density at radius 1 is 1.62 bits per heavy atom. The first-order valence-electron chi connectivity index (χ1n) is 4.80. The summed E-state index contributed by atoms with van der Waals surface area (Å²) in [5.74, 6) is 2.77. The number of aliphatic hydroxyl groups excluding tert-OH is 1. The van der Waals surface area contributed by atoms with Crippen LogP contribution in [-0.4, -0.2) is 52.6 Å². The average Bonchev–Trinajstić information content (AvgIpc) is 2.32. The van der Waals surface area contributed by atoms with E-state index in [-0.39, 0.29) is 6.10 Å². The highest BCUT2D eigenvalue weighted by atomic mass is 35.5. The Morgan fingerprint density at radius 2 is 2.38 bits per heavy atom. The maximum Gasteiger partial charge on any atom is 0.0802 e. The van der Waals surface area contributed by atoms with E-state index >= 15 is 0 Å². The number of hydrogen-bond acceptors (Lipinski definition) is 3. The molecule has 1 aliphatic rings. The van der Waals surface area contributed by atoms with Gasteiger partial charge < -0.3 is 5.11 Å². The fourth-order valence-corrected chi connectivity index (χ4v) is 2.70. The molecule has 1 saturated heterocycles. The highest BCUT2D eigenvalue weighted by Gasteiger charge is 2.19. The number of β-amino-alcohol motifs (C(OH)–C–C–N with tert-alkyl or cyclic N) is 1. The summed E-state index contributed by atoms with van der Waals surface area (Å²) < 4.78 is 0. The van der Waals surface area contributed by atoms with Crippen LogP contribution in [0.25, 0.3) is 0 Å². The van der Waals surface area contributed by atoms with Crippen LogP contribution in [-0.2, 0) is 0 Å². The quantitative estimate of drug-likeness (QED) is 0.733. The van der Waals surface area contributed by atoms with Gasteiger partial charge in [-0.05, 0) is 19.1 Å². The number of alkyl halides is 1. The Morgan fingerprint density at radius 3 is 3.08 bits per heavy atom. The fraction of sp³-hybridized carbons (Fsp3) is 1.00. The molecule has 78 valence electrons. The van der Waals surface area contributed by atoms with Gasteiger partial charge in [-0.3, -0.25) is 4.90 Å². The van der Waals surface area contributed by atoms with Gasteiger partial charge in [0.05, 0.1) is 6.10 Å². The zero-order valence-corrected chi connectivity index (χ0v) is 9.65. The summed E-state index contributed by atoms with van der Waals surface area (Å²) in [5, 5.41) is 9.44. The molecule has 1 aliphatic heterocycles. The maximum absolute atomic E-state index is 9.44. The summed E-state index contributed by atoms with van der Waals surface area (Å²) in [6, 6.07) is 0.591. The van der Waals surface area contributed by atoms with Gasteiger partial charge in [-0.25, -0.2) is 0 Å². The smallest absolute Gasteiger partial charge is 0.0802 e. The maximum atomic E-state index is 9.44. The highest BCUT2D eigenvalue weighted by Crippen LogP contribution is 2.16. The van der Waals surface area contributed by atoms with Crippen LogP contribution in [0.15, 0.2) is 0 Å². The van der Waals surface area contributed by atoms with Crippen molar-refractivity contribution in [1.29, 1.82) is 0 Å². The van der Waals surface area contributed by atoms with Gasteiger partial charge in [0.1, 0.15) is 0 Å². The van der Waals surface area contributed by atoms with Crippen molar-refractivity contribution in [3.8, 4) is 0 Å². The van der Waals surface area contributed by atoms with Crippen molar-refractivity contribution >= 4 is 23.4 Å². The van der Waals surface area contributed by atoms with Crippen LogP contribution < -0.4 is 0 Å². The van der Waals surface area contributed by atoms with Crippen molar-refractivity contribution in [1.82, 2.24) is 4.90 Å². The van der Waals surface area contributed by atoms with Crippen molar-refractivity contribution in [2.24, 2.45) is 0 Å². The van der Waals surface area contributed by atoms with E-state index in [0.29, 0.717) is 11.9 Å². The Bertz CT molecular complexity index is 148. The second-order valence-corrected chi connectivity index (χ2v) is 5.09. The molecule has 13 heavy (non-hydrogen) atoms. The molecule has 1 N–H and O–H groups in total. The number of nitrogens with zero attached hydrogens (tertiary/aromatic N) is 1. The summed E-state index contributed by atoms with van der Waals surface area (Å²) in [5.41, 5.74) is 0. The van der Waals surface area contributed by atoms with Crippen LogP contribution >= 0.6 is 23.4 Å². The molecule has 0 amide bonds. The summed E-state index contributed by atoms with van der Waals surface area (Å²) in [7, 11) is 0. The molecule has 0 aromatic rings. The fourth-order valence-electron chi connectivity index (χ4n) is 1.53. The van der Waals surface area contributed by atoms with Crippen molar-refractivity contribution < 1.29 is 5.11 Å². The number of rotatable bonds is 3. The summed E-state index contributed by atoms with van der Waals surface area (Å²) in [6.45, 7) is 4.04. The molecule has 1 heterocycles. The molecule has 1 rings (SSSR count). The highest BCUT2D eigenvalue weighted by molar-refractivity contribution is 7.99. The lowest BCUT2D eigenvalue weighted by Crippen LogP contribution is -2.40. The van der Waals surface area contributed by atoms with Gasteiger partial charge in [0.25, 0.3) is 0 Å². The number of thioether (sulfide) groups is 1. The molecule has 0 aromatic carbocycles. The summed E-state index contributed by atoms with van der Waals surface area (Å²) in [4.78, 5) is 2.34. The van der Waals surface area contributed by atoms with E-state index in [9.17, 15) is 5.11 Å². The van der Waals surface area contributed by atoms with E-state index in [0.717, 1.165) is 13.1 Å². The van der Waals surface area contributed by atoms with Crippen molar-refractivity contribution in [2.75, 3.05) is 30.5 Å². The van der Waals surface area contributed by atoms with Gasteiger partial charge in [-0.2, -0.15) is 11.8 Å². The zero-order valence-electron chi connectivity index (χ0n) is 8.08. The molecule has 4 heteroatoms. The predicted octanol–water partition coefficient (Wildman–Crippen LogP) is 1.41. The van der Waals surface area contributed by atoms with E-state index < -0.39 is 0 Å². The largest absolute Gasteiger partial charge is 0.391 e. The minimum Gasteiger partial charge on any atom is -0.391 e. The Hall–Kier alpha value is 0.560. The Balaban J connectivity index is 2.35. The number of halogens is 1. The topological polar surface area (TPSA) is 23.5 Å². The molecule has 0 saturated carbocycles. The summed E-state index contributed by atoms with van der Waals surface area (Å²) in [6.07, 6.45) is 0.854. The monoisotopic (exact) mass is 223 g/mol. The molecule has 0 aromatic heterocycles. The van der Waals surface area contributed by atoms with E-state index in [1.54, 1.807) is 0 Å². The first kappa shape index (κ1) is 11.6. The average molecular weight is 224 g/mol. The van der Waals surface area contributed by atoms with Crippen molar-refractivity contribution in [3.63, 3.8) is 0 Å².